The van der Waals surface area contributed by atoms with Gasteiger partial charge in [-0.1, -0.05) is 8.86 Å². The third-order valence-corrected chi connectivity index (χ3v) is 5.66. The number of nitrogens with one attached hydrogen (secondary N) is 2. The molecule has 1 aromatic heterocycles. The summed E-state index contributed by atoms with van der Waals surface area (Å²) < 4.78 is 43.7. The van der Waals surface area contributed by atoms with Crippen molar-refractivity contribution < 1.29 is 32.9 Å². The molecule has 1 aromatic rings. The Kier molecular flexibility index (Phi) is 7.95. The van der Waals surface area contributed by atoms with Crippen molar-refractivity contribution in [3.05, 3.63) is 27.8 Å². The fraction of sp³-hybridized carbons (Fsp3) is 0.688. The molecule has 3 N–H and O–H groups in total. The molecule has 164 valence electrons. The van der Waals surface area contributed by atoms with Gasteiger partial charge in [-0.2, -0.15) is 0 Å². The molecule has 0 amide bonds. The Morgan fingerprint density at radius 3 is 2.79 bits per heavy atom. The molecule has 29 heavy (non-hydrogen) atoms. The van der Waals surface area contributed by atoms with Gasteiger partial charge in [0.2, 0.25) is 0 Å². The Morgan fingerprint density at radius 1 is 1.55 bits per heavy atom. The average molecular weight is 453 g/mol. The second-order valence-corrected chi connectivity index (χ2v) is 8.83. The Bertz CT molecular complexity index is 873. The minimum Gasteiger partial charge on any atom is -0.462 e. The predicted octanol–water partition coefficient (Wildman–Crippen LogP) is 1.17. The van der Waals surface area contributed by atoms with Crippen molar-refractivity contribution in [2.45, 2.75) is 63.9 Å². The molecule has 1 fully saturated rings. The smallest absolute Gasteiger partial charge is 0.328 e. The number of rotatable bonds is 8. The summed E-state index contributed by atoms with van der Waals surface area (Å²) >= 11 is 0. The topological polar surface area (TPSA) is 132 Å². The SMILES string of the molecule is CC(C)OC(=O)[C@H](C)N[PH](=O)OCC1O[C@@H](n2ccc(=P)[nH]c2=O)[C@](C)(F)[C@@H]1O. The van der Waals surface area contributed by atoms with Crippen molar-refractivity contribution in [1.29, 1.82) is 0 Å². The summed E-state index contributed by atoms with van der Waals surface area (Å²) in [6.45, 7) is 5.51. The summed E-state index contributed by atoms with van der Waals surface area (Å²) in [4.78, 5) is 26.2. The molecule has 6 atom stereocenters. The first-order valence-corrected chi connectivity index (χ1v) is 10.8. The van der Waals surface area contributed by atoms with E-state index in [9.17, 15) is 19.3 Å². The number of aromatic nitrogens is 2. The van der Waals surface area contributed by atoms with E-state index < -0.39 is 56.6 Å². The maximum atomic E-state index is 15.1. The summed E-state index contributed by atoms with van der Waals surface area (Å²) in [5.41, 5.74) is -2.95. The van der Waals surface area contributed by atoms with Gasteiger partial charge in [-0.3, -0.25) is 13.9 Å². The molecule has 1 aliphatic heterocycles. The summed E-state index contributed by atoms with van der Waals surface area (Å²) in [5, 5.41) is 13.1. The number of carbonyl (C=O) groups is 1. The summed E-state index contributed by atoms with van der Waals surface area (Å²) in [6, 6.07) is 0.600. The second kappa shape index (κ2) is 9.64. The molecule has 0 bridgehead atoms. The zero-order valence-electron chi connectivity index (χ0n) is 16.5. The number of hydrogen-bond acceptors (Lipinski definition) is 7. The number of nitrogens with zero attached hydrogens (tertiary/aromatic N) is 1. The molecule has 2 unspecified atom stereocenters. The number of aliphatic hydroxyl groups excluding tert-OH is 1. The lowest BCUT2D eigenvalue weighted by Gasteiger charge is -2.24. The van der Waals surface area contributed by atoms with E-state index in [2.05, 4.69) is 18.9 Å². The van der Waals surface area contributed by atoms with Crippen LogP contribution in [0.2, 0.25) is 0 Å². The number of esters is 1. The van der Waals surface area contributed by atoms with Crippen LogP contribution in [0.25, 0.3) is 0 Å². The first-order chi connectivity index (χ1) is 13.4. The molecule has 1 saturated heterocycles. The van der Waals surface area contributed by atoms with Gasteiger partial charge < -0.3 is 24.1 Å². The van der Waals surface area contributed by atoms with E-state index in [-0.39, 0.29) is 6.10 Å². The lowest BCUT2D eigenvalue weighted by atomic mass is 9.98. The number of halogens is 1. The van der Waals surface area contributed by atoms with Crippen LogP contribution >= 0.6 is 17.0 Å². The predicted molar refractivity (Wildman–Crippen MR) is 105 cm³/mol. The van der Waals surface area contributed by atoms with Gasteiger partial charge in [-0.05, 0) is 33.8 Å². The van der Waals surface area contributed by atoms with Gasteiger partial charge in [0.15, 0.2) is 11.9 Å². The molecule has 2 rings (SSSR count). The largest absolute Gasteiger partial charge is 0.462 e. The van der Waals surface area contributed by atoms with Crippen molar-refractivity contribution in [3.8, 4) is 0 Å². The van der Waals surface area contributed by atoms with Crippen LogP contribution in [0, 0.1) is 5.07 Å². The van der Waals surface area contributed by atoms with Gasteiger partial charge in [0.25, 0.3) is 8.18 Å². The van der Waals surface area contributed by atoms with E-state index in [1.165, 1.54) is 19.2 Å². The summed E-state index contributed by atoms with van der Waals surface area (Å²) in [5.74, 6) is -0.596. The number of hydrogen-bond donors (Lipinski definition) is 3. The molecule has 0 saturated carbocycles. The highest BCUT2D eigenvalue weighted by Crippen LogP contribution is 2.41. The maximum absolute atomic E-state index is 15.1. The van der Waals surface area contributed by atoms with Crippen molar-refractivity contribution >= 4 is 23.0 Å². The molecule has 10 nitrogen and oxygen atoms in total. The molecular weight excluding hydrogens is 427 g/mol. The van der Waals surface area contributed by atoms with Crippen molar-refractivity contribution in [3.63, 3.8) is 0 Å². The number of alkyl halides is 1. The van der Waals surface area contributed by atoms with Crippen LogP contribution in [0.1, 0.15) is 33.9 Å². The minimum atomic E-state index is -2.91. The Labute approximate surface area is 169 Å². The van der Waals surface area contributed by atoms with Gasteiger partial charge >= 0.3 is 11.7 Å². The fourth-order valence-corrected chi connectivity index (χ4v) is 3.80. The molecular formula is C16H26FN3O7P2. The lowest BCUT2D eigenvalue weighted by Crippen LogP contribution is -2.43. The van der Waals surface area contributed by atoms with Crippen LogP contribution in [-0.2, 0) is 23.4 Å². The molecule has 13 heteroatoms. The normalized spacial score (nSPS) is 29.0. The molecule has 1 aliphatic rings. The Balaban J connectivity index is 2.00. The van der Waals surface area contributed by atoms with Gasteiger partial charge in [0.05, 0.1) is 17.8 Å². The van der Waals surface area contributed by atoms with Gasteiger partial charge in [-0.15, -0.1) is 0 Å². The van der Waals surface area contributed by atoms with Crippen LogP contribution in [0.15, 0.2) is 17.1 Å². The monoisotopic (exact) mass is 453 g/mol. The number of aromatic amines is 1. The summed E-state index contributed by atoms with van der Waals surface area (Å²) in [6.07, 6.45) is -3.25. The molecule has 0 radical (unpaired) electrons. The first kappa shape index (κ1) is 23.9. The number of carbonyl (C=O) groups excluding carboxylic acids is 1. The van der Waals surface area contributed by atoms with Crippen molar-refractivity contribution in [1.82, 2.24) is 14.6 Å². The second-order valence-electron chi connectivity index (χ2n) is 7.14. The van der Waals surface area contributed by atoms with Crippen LogP contribution in [-0.4, -0.2) is 57.3 Å². The van der Waals surface area contributed by atoms with Crippen LogP contribution in [0.5, 0.6) is 0 Å². The van der Waals surface area contributed by atoms with E-state index in [1.807, 2.05) is 0 Å². The standard InChI is InChI=1S/C16H26FN3O7P2/c1-8(2)26-13(22)9(3)19-29(24)25-7-10-12(21)16(4,17)14(27-10)20-6-5-11(28)18-15(20)23/h5-6,8-10,12,14,21,28-29H,7H2,1-4H3,(H,18,23)(H,19,24)/t9-,10?,12+,14+,16+/m0/s1. The number of ether oxygens (including phenoxy) is 2. The zero-order chi connectivity index (χ0) is 21.9. The Morgan fingerprint density at radius 2 is 2.21 bits per heavy atom. The van der Waals surface area contributed by atoms with Gasteiger partial charge in [0, 0.05) is 6.20 Å². The third-order valence-electron chi connectivity index (χ3n) is 4.27. The highest BCUT2D eigenvalue weighted by Gasteiger charge is 2.55. The maximum Gasteiger partial charge on any atom is 0.328 e. The van der Waals surface area contributed by atoms with Crippen molar-refractivity contribution in [2.24, 2.45) is 0 Å². The van der Waals surface area contributed by atoms with E-state index in [1.54, 1.807) is 13.8 Å². The van der Waals surface area contributed by atoms with E-state index in [0.717, 1.165) is 11.5 Å². The minimum absolute atomic E-state index is 0.324. The molecule has 2 heterocycles. The highest BCUT2D eigenvalue weighted by molar-refractivity contribution is 7.36. The van der Waals surface area contributed by atoms with Crippen LogP contribution in [0.3, 0.4) is 0 Å². The van der Waals surface area contributed by atoms with E-state index in [0.29, 0.717) is 5.07 Å². The van der Waals surface area contributed by atoms with Gasteiger partial charge in [0.1, 0.15) is 18.2 Å². The average Bonchev–Trinajstić information content (AvgIpc) is 2.82. The summed E-state index contributed by atoms with van der Waals surface area (Å²) in [7, 11) is 0.243. The fourth-order valence-electron chi connectivity index (χ4n) is 2.75. The van der Waals surface area contributed by atoms with E-state index in [4.69, 9.17) is 14.0 Å². The third kappa shape index (κ3) is 5.84. The van der Waals surface area contributed by atoms with E-state index >= 15 is 4.39 Å². The molecule has 0 aromatic carbocycles. The quantitative estimate of drug-likeness (QED) is 0.395. The molecule has 0 spiro atoms. The van der Waals surface area contributed by atoms with Gasteiger partial charge in [-0.25, -0.2) is 14.3 Å². The lowest BCUT2D eigenvalue weighted by molar-refractivity contribution is -0.149. The Hall–Kier alpha value is -1.35. The zero-order valence-corrected chi connectivity index (χ0v) is 18.5. The first-order valence-electron chi connectivity index (χ1n) is 8.95. The van der Waals surface area contributed by atoms with Crippen LogP contribution < -0.4 is 10.8 Å². The van der Waals surface area contributed by atoms with Crippen molar-refractivity contribution in [2.75, 3.05) is 6.61 Å². The molecule has 0 aliphatic carbocycles. The number of aliphatic hydroxyl groups is 1. The van der Waals surface area contributed by atoms with Crippen LogP contribution in [0.4, 0.5) is 4.39 Å². The highest BCUT2D eigenvalue weighted by atomic mass is 31.1. The number of H-pyrrole nitrogens is 1.